The highest BCUT2D eigenvalue weighted by Gasteiger charge is 2.10. The molecule has 0 saturated heterocycles. The summed E-state index contributed by atoms with van der Waals surface area (Å²) in [6.07, 6.45) is 0. The van der Waals surface area contributed by atoms with Crippen LogP contribution >= 0.6 is 27.5 Å². The van der Waals surface area contributed by atoms with Crippen LogP contribution in [0, 0.1) is 0 Å². The highest BCUT2D eigenvalue weighted by molar-refractivity contribution is 9.10. The van der Waals surface area contributed by atoms with E-state index in [2.05, 4.69) is 21.2 Å². The molecule has 0 aliphatic carbocycles. The standard InChI is InChI=1S/C14H11BrClNO5/c15-8-1-3-11(10(16)5-8)21-7-13(18)17-6-9-2-4-12(22-9)14(19)20/h1-5H,6-7H2,(H,17,18)(H,19,20). The summed E-state index contributed by atoms with van der Waals surface area (Å²) in [5.74, 6) is -0.987. The first-order valence-corrected chi connectivity index (χ1v) is 7.29. The Balaban J connectivity index is 1.81. The van der Waals surface area contributed by atoms with Crippen LogP contribution in [-0.4, -0.2) is 23.6 Å². The fraction of sp³-hybridized carbons (Fsp3) is 0.143. The van der Waals surface area contributed by atoms with Crippen LogP contribution in [0.2, 0.25) is 5.02 Å². The molecule has 116 valence electrons. The highest BCUT2D eigenvalue weighted by Crippen LogP contribution is 2.27. The molecule has 0 radical (unpaired) electrons. The summed E-state index contributed by atoms with van der Waals surface area (Å²) < 4.78 is 11.1. The van der Waals surface area contributed by atoms with E-state index in [1.165, 1.54) is 12.1 Å². The first-order chi connectivity index (χ1) is 10.5. The van der Waals surface area contributed by atoms with Gasteiger partial charge < -0.3 is 19.6 Å². The normalized spacial score (nSPS) is 10.3. The van der Waals surface area contributed by atoms with Crippen molar-refractivity contribution in [1.82, 2.24) is 5.32 Å². The predicted octanol–water partition coefficient (Wildman–Crippen LogP) is 3.09. The van der Waals surface area contributed by atoms with Gasteiger partial charge in [-0.3, -0.25) is 4.79 Å². The molecule has 2 rings (SSSR count). The minimum Gasteiger partial charge on any atom is -0.482 e. The molecule has 6 nitrogen and oxygen atoms in total. The van der Waals surface area contributed by atoms with Crippen molar-refractivity contribution in [2.75, 3.05) is 6.61 Å². The molecule has 1 heterocycles. The van der Waals surface area contributed by atoms with Crippen molar-refractivity contribution in [3.8, 4) is 5.75 Å². The first kappa shape index (κ1) is 16.4. The Morgan fingerprint density at radius 1 is 1.32 bits per heavy atom. The van der Waals surface area contributed by atoms with E-state index in [1.54, 1.807) is 18.2 Å². The van der Waals surface area contributed by atoms with E-state index in [0.29, 0.717) is 16.5 Å². The van der Waals surface area contributed by atoms with Gasteiger partial charge in [0.05, 0.1) is 11.6 Å². The molecule has 0 atom stereocenters. The zero-order valence-electron chi connectivity index (χ0n) is 11.1. The van der Waals surface area contributed by atoms with Crippen molar-refractivity contribution >= 4 is 39.4 Å². The number of nitrogens with one attached hydrogen (secondary N) is 1. The van der Waals surface area contributed by atoms with Crippen molar-refractivity contribution in [2.24, 2.45) is 0 Å². The molecule has 1 aromatic carbocycles. The number of ether oxygens (including phenoxy) is 1. The summed E-state index contributed by atoms with van der Waals surface area (Å²) in [5.41, 5.74) is 0. The molecule has 2 N–H and O–H groups in total. The molecule has 0 bridgehead atoms. The van der Waals surface area contributed by atoms with Gasteiger partial charge in [-0.25, -0.2) is 4.79 Å². The zero-order chi connectivity index (χ0) is 16.1. The van der Waals surface area contributed by atoms with Crippen LogP contribution in [0.4, 0.5) is 0 Å². The second-order valence-corrected chi connectivity index (χ2v) is 5.53. The molecule has 0 spiro atoms. The van der Waals surface area contributed by atoms with E-state index in [4.69, 9.17) is 25.9 Å². The molecule has 2 aromatic rings. The van der Waals surface area contributed by atoms with Crippen molar-refractivity contribution in [3.63, 3.8) is 0 Å². The smallest absolute Gasteiger partial charge is 0.371 e. The number of aromatic carboxylic acids is 1. The third-order valence-electron chi connectivity index (χ3n) is 2.58. The monoisotopic (exact) mass is 387 g/mol. The largest absolute Gasteiger partial charge is 0.482 e. The number of carboxylic acid groups (broad SMARTS) is 1. The lowest BCUT2D eigenvalue weighted by Crippen LogP contribution is -2.28. The van der Waals surface area contributed by atoms with Gasteiger partial charge in [-0.15, -0.1) is 0 Å². The lowest BCUT2D eigenvalue weighted by Gasteiger charge is -2.08. The molecule has 0 unspecified atom stereocenters. The van der Waals surface area contributed by atoms with E-state index < -0.39 is 5.97 Å². The highest BCUT2D eigenvalue weighted by atomic mass is 79.9. The summed E-state index contributed by atoms with van der Waals surface area (Å²) in [7, 11) is 0. The van der Waals surface area contributed by atoms with Crippen molar-refractivity contribution in [3.05, 3.63) is 51.3 Å². The molecule has 0 aliphatic rings. The molecule has 0 aliphatic heterocycles. The SMILES string of the molecule is O=C(COc1ccc(Br)cc1Cl)NCc1ccc(C(=O)O)o1. The van der Waals surface area contributed by atoms with Gasteiger partial charge in [0.2, 0.25) is 5.76 Å². The summed E-state index contributed by atoms with van der Waals surface area (Å²) in [6.45, 7) is -0.141. The summed E-state index contributed by atoms with van der Waals surface area (Å²) in [5, 5.41) is 11.7. The number of rotatable bonds is 6. The van der Waals surface area contributed by atoms with Crippen molar-refractivity contribution in [2.45, 2.75) is 6.54 Å². The predicted molar refractivity (Wildman–Crippen MR) is 82.2 cm³/mol. The van der Waals surface area contributed by atoms with Crippen LogP contribution in [0.1, 0.15) is 16.3 Å². The molecule has 8 heteroatoms. The number of carbonyl (C=O) groups is 2. The van der Waals surface area contributed by atoms with Gasteiger partial charge in [0.1, 0.15) is 11.5 Å². The van der Waals surface area contributed by atoms with E-state index >= 15 is 0 Å². The van der Waals surface area contributed by atoms with Crippen LogP contribution in [0.15, 0.2) is 39.2 Å². The Hall–Kier alpha value is -1.99. The number of furan rings is 1. The molecule has 22 heavy (non-hydrogen) atoms. The molecular formula is C14H11BrClNO5. The molecule has 0 saturated carbocycles. The summed E-state index contributed by atoms with van der Waals surface area (Å²) in [6, 6.07) is 7.85. The van der Waals surface area contributed by atoms with Crippen LogP contribution < -0.4 is 10.1 Å². The van der Waals surface area contributed by atoms with Crippen LogP contribution in [0.5, 0.6) is 5.75 Å². The minimum absolute atomic E-state index is 0.0730. The van der Waals surface area contributed by atoms with Gasteiger partial charge >= 0.3 is 5.97 Å². The maximum absolute atomic E-state index is 11.7. The number of hydrogen-bond acceptors (Lipinski definition) is 4. The number of carboxylic acids is 1. The third-order valence-corrected chi connectivity index (χ3v) is 3.37. The van der Waals surface area contributed by atoms with Crippen LogP contribution in [0.3, 0.4) is 0 Å². The molecule has 1 amide bonds. The number of amides is 1. The topological polar surface area (TPSA) is 88.8 Å². The number of benzene rings is 1. The quantitative estimate of drug-likeness (QED) is 0.794. The van der Waals surface area contributed by atoms with Crippen LogP contribution in [-0.2, 0) is 11.3 Å². The van der Waals surface area contributed by atoms with Crippen molar-refractivity contribution < 1.29 is 23.8 Å². The molecule has 0 fully saturated rings. The summed E-state index contributed by atoms with van der Waals surface area (Å²) in [4.78, 5) is 22.3. The maximum Gasteiger partial charge on any atom is 0.371 e. The maximum atomic E-state index is 11.7. The van der Waals surface area contributed by atoms with Gasteiger partial charge in [0.25, 0.3) is 5.91 Å². The number of hydrogen-bond donors (Lipinski definition) is 2. The Kier molecular flexibility index (Phi) is 5.46. The minimum atomic E-state index is -1.16. The van der Waals surface area contributed by atoms with E-state index in [1.807, 2.05) is 0 Å². The van der Waals surface area contributed by atoms with E-state index in [0.717, 1.165) is 4.47 Å². The fourth-order valence-corrected chi connectivity index (χ4v) is 2.29. The zero-order valence-corrected chi connectivity index (χ0v) is 13.5. The van der Waals surface area contributed by atoms with Gasteiger partial charge in [-0.05, 0) is 30.3 Å². The van der Waals surface area contributed by atoms with Gasteiger partial charge in [-0.1, -0.05) is 27.5 Å². The average Bonchev–Trinajstić information content (AvgIpc) is 2.93. The van der Waals surface area contributed by atoms with Crippen LogP contribution in [0.25, 0.3) is 0 Å². The number of carbonyl (C=O) groups excluding carboxylic acids is 1. The van der Waals surface area contributed by atoms with Gasteiger partial charge in [0, 0.05) is 4.47 Å². The van der Waals surface area contributed by atoms with Gasteiger partial charge in [0.15, 0.2) is 6.61 Å². The Labute approximate surface area is 139 Å². The van der Waals surface area contributed by atoms with Gasteiger partial charge in [-0.2, -0.15) is 0 Å². The molecular weight excluding hydrogens is 378 g/mol. The fourth-order valence-electron chi connectivity index (χ4n) is 1.56. The van der Waals surface area contributed by atoms with Crippen molar-refractivity contribution in [1.29, 1.82) is 0 Å². The lowest BCUT2D eigenvalue weighted by atomic mass is 10.3. The summed E-state index contributed by atoms with van der Waals surface area (Å²) >= 11 is 9.23. The Morgan fingerprint density at radius 2 is 2.09 bits per heavy atom. The number of halogens is 2. The molecule has 1 aromatic heterocycles. The van der Waals surface area contributed by atoms with E-state index in [-0.39, 0.29) is 24.8 Å². The van der Waals surface area contributed by atoms with E-state index in [9.17, 15) is 9.59 Å². The average molecular weight is 389 g/mol. The third kappa shape index (κ3) is 4.51. The second-order valence-electron chi connectivity index (χ2n) is 4.21. The second kappa shape index (κ2) is 7.33. The Morgan fingerprint density at radius 3 is 2.73 bits per heavy atom. The lowest BCUT2D eigenvalue weighted by molar-refractivity contribution is -0.123. The Bertz CT molecular complexity index is 700. The first-order valence-electron chi connectivity index (χ1n) is 6.12.